The summed E-state index contributed by atoms with van der Waals surface area (Å²) < 4.78 is 0. The molecule has 120 valence electrons. The van der Waals surface area contributed by atoms with E-state index in [-0.39, 0.29) is 22.8 Å². The highest BCUT2D eigenvalue weighted by Crippen LogP contribution is 2.31. The van der Waals surface area contributed by atoms with E-state index in [4.69, 9.17) is 0 Å². The molecule has 0 atom stereocenters. The fourth-order valence-corrected chi connectivity index (χ4v) is 1.69. The molecule has 10 heteroatoms. The minimum Gasteiger partial charge on any atom is -0.507 e. The summed E-state index contributed by atoms with van der Waals surface area (Å²) in [5.41, 5.74) is 2.57. The number of hydrazone groups is 1. The number of phenolic OH excluding ortho intramolecular Hbond substituents is 2. The van der Waals surface area contributed by atoms with Crippen LogP contribution in [0.3, 0.4) is 0 Å². The number of hydrogen-bond donors (Lipinski definition) is 4. The predicted molar refractivity (Wildman–Crippen MR) is 82.0 cm³/mol. The Balaban J connectivity index is 2.26. The van der Waals surface area contributed by atoms with Crippen molar-refractivity contribution in [3.05, 3.63) is 49.4 Å². The molecule has 0 saturated carbocycles. The molecule has 10 nitrogen and oxygen atoms in total. The predicted octanol–water partition coefficient (Wildman–Crippen LogP) is 1.15. The van der Waals surface area contributed by atoms with E-state index in [1.807, 2.05) is 0 Å². The van der Waals surface area contributed by atoms with Crippen LogP contribution in [0, 0.1) is 24.0 Å². The van der Waals surface area contributed by atoms with Gasteiger partial charge in [-0.15, -0.1) is 0 Å². The maximum Gasteiger partial charge on any atom is 0.311 e. The first-order valence-corrected chi connectivity index (χ1v) is 6.36. The number of aromatic hydroxyl groups is 2. The Kier molecular flexibility index (Phi) is 4.25. The molecule has 0 saturated heterocycles. The number of aryl methyl sites for hydroxylation is 1. The highest BCUT2D eigenvalue weighted by Gasteiger charge is 2.16. The number of phenols is 2. The second-order valence-electron chi connectivity index (χ2n) is 4.65. The maximum absolute atomic E-state index is 11.6. The summed E-state index contributed by atoms with van der Waals surface area (Å²) >= 11 is 0. The zero-order valence-corrected chi connectivity index (χ0v) is 12.2. The number of nitrogens with zero attached hydrogens (tertiary/aromatic N) is 3. The molecule has 0 aliphatic heterocycles. The van der Waals surface area contributed by atoms with Crippen LogP contribution in [0.1, 0.15) is 16.8 Å². The lowest BCUT2D eigenvalue weighted by molar-refractivity contribution is -0.385. The molecule has 0 fully saturated rings. The number of nitro benzene ring substituents is 1. The Labute approximate surface area is 129 Å². The van der Waals surface area contributed by atoms with E-state index < -0.39 is 16.4 Å². The summed E-state index contributed by atoms with van der Waals surface area (Å²) in [5.74, 6) is -0.958. The van der Waals surface area contributed by atoms with Crippen LogP contribution in [0.15, 0.2) is 22.0 Å². The van der Waals surface area contributed by atoms with Crippen molar-refractivity contribution in [1.29, 1.82) is 0 Å². The van der Waals surface area contributed by atoms with Gasteiger partial charge in [-0.25, -0.2) is 10.4 Å². The number of nitro groups is 1. The lowest BCUT2D eigenvalue weighted by Crippen LogP contribution is -2.15. The standard InChI is InChI=1S/C13H13N5O5/c1-6-7(2)15-13(16-12(6)21)17-14-5-8-3-9(18(22)23)11(20)4-10(8)19/h3-5,19-20H,1-2H3,(H2,15,16,17,21)/b14-5-. The summed E-state index contributed by atoms with van der Waals surface area (Å²) in [6.45, 7) is 3.29. The SMILES string of the molecule is Cc1nc(N/N=C\c2cc([N+](=O)[O-])c(O)cc2O)[nH]c(=O)c1C. The van der Waals surface area contributed by atoms with E-state index in [1.54, 1.807) is 13.8 Å². The van der Waals surface area contributed by atoms with E-state index >= 15 is 0 Å². The molecule has 4 N–H and O–H groups in total. The van der Waals surface area contributed by atoms with E-state index in [1.165, 1.54) is 0 Å². The number of nitrogens with one attached hydrogen (secondary N) is 2. The van der Waals surface area contributed by atoms with E-state index in [0.717, 1.165) is 18.3 Å². The molecule has 0 unspecified atom stereocenters. The lowest BCUT2D eigenvalue weighted by atomic mass is 10.2. The van der Waals surface area contributed by atoms with Gasteiger partial charge in [0, 0.05) is 29.0 Å². The third kappa shape index (κ3) is 3.43. The molecule has 0 radical (unpaired) electrons. The summed E-state index contributed by atoms with van der Waals surface area (Å²) in [6, 6.07) is 1.81. The summed E-state index contributed by atoms with van der Waals surface area (Å²) in [5, 5.41) is 33.5. The van der Waals surface area contributed by atoms with Crippen molar-refractivity contribution >= 4 is 17.9 Å². The van der Waals surface area contributed by atoms with Gasteiger partial charge in [0.1, 0.15) is 5.75 Å². The Morgan fingerprint density at radius 2 is 2.04 bits per heavy atom. The number of H-pyrrole nitrogens is 1. The van der Waals surface area contributed by atoms with Gasteiger partial charge in [0.15, 0.2) is 5.75 Å². The topological polar surface area (TPSA) is 154 Å². The average Bonchev–Trinajstić information content (AvgIpc) is 2.46. The molecule has 1 aromatic carbocycles. The third-order valence-electron chi connectivity index (χ3n) is 3.09. The molecular weight excluding hydrogens is 306 g/mol. The van der Waals surface area contributed by atoms with Gasteiger partial charge in [-0.3, -0.25) is 19.9 Å². The number of anilines is 1. The summed E-state index contributed by atoms with van der Waals surface area (Å²) in [7, 11) is 0. The van der Waals surface area contributed by atoms with Crippen LogP contribution in [-0.4, -0.2) is 31.3 Å². The second kappa shape index (κ2) is 6.13. The van der Waals surface area contributed by atoms with Crippen LogP contribution in [0.4, 0.5) is 11.6 Å². The molecule has 1 heterocycles. The third-order valence-corrected chi connectivity index (χ3v) is 3.09. The molecule has 2 aromatic rings. The average molecular weight is 319 g/mol. The summed E-state index contributed by atoms with van der Waals surface area (Å²) in [4.78, 5) is 28.0. The minimum absolute atomic E-state index is 0.00757. The van der Waals surface area contributed by atoms with Crippen LogP contribution in [0.25, 0.3) is 0 Å². The second-order valence-corrected chi connectivity index (χ2v) is 4.65. The van der Waals surface area contributed by atoms with Crippen LogP contribution < -0.4 is 11.0 Å². The molecule has 0 aliphatic carbocycles. The van der Waals surface area contributed by atoms with Crippen molar-refractivity contribution in [2.45, 2.75) is 13.8 Å². The summed E-state index contributed by atoms with van der Waals surface area (Å²) in [6.07, 6.45) is 1.09. The number of benzene rings is 1. The Hall–Kier alpha value is -3.43. The Morgan fingerprint density at radius 3 is 2.65 bits per heavy atom. The van der Waals surface area contributed by atoms with Crippen LogP contribution in [-0.2, 0) is 0 Å². The minimum atomic E-state index is -0.790. The molecule has 0 bridgehead atoms. The van der Waals surface area contributed by atoms with Gasteiger partial charge in [-0.1, -0.05) is 0 Å². The van der Waals surface area contributed by atoms with Crippen molar-refractivity contribution < 1.29 is 15.1 Å². The highest BCUT2D eigenvalue weighted by molar-refractivity contribution is 5.85. The number of hydrogen-bond acceptors (Lipinski definition) is 8. The zero-order valence-electron chi connectivity index (χ0n) is 12.2. The van der Waals surface area contributed by atoms with E-state index in [2.05, 4.69) is 20.5 Å². The first-order valence-electron chi connectivity index (χ1n) is 6.36. The Bertz CT molecular complexity index is 859. The largest absolute Gasteiger partial charge is 0.507 e. The van der Waals surface area contributed by atoms with Gasteiger partial charge in [0.25, 0.3) is 5.56 Å². The number of aromatic nitrogens is 2. The van der Waals surface area contributed by atoms with Gasteiger partial charge < -0.3 is 10.2 Å². The molecule has 0 aliphatic rings. The monoisotopic (exact) mass is 319 g/mol. The fraction of sp³-hybridized carbons (Fsp3) is 0.154. The van der Waals surface area contributed by atoms with Crippen LogP contribution in [0.5, 0.6) is 11.5 Å². The van der Waals surface area contributed by atoms with E-state index in [9.17, 15) is 25.1 Å². The van der Waals surface area contributed by atoms with Gasteiger partial charge in [-0.2, -0.15) is 5.10 Å². The number of aromatic amines is 1. The first-order chi connectivity index (χ1) is 10.8. The van der Waals surface area contributed by atoms with Crippen LogP contribution >= 0.6 is 0 Å². The van der Waals surface area contributed by atoms with Crippen LogP contribution in [0.2, 0.25) is 0 Å². The zero-order chi connectivity index (χ0) is 17.1. The first kappa shape index (κ1) is 15.9. The molecule has 2 rings (SSSR count). The molecule has 0 amide bonds. The molecule has 23 heavy (non-hydrogen) atoms. The number of rotatable bonds is 4. The lowest BCUT2D eigenvalue weighted by Gasteiger charge is -2.03. The molecule has 0 spiro atoms. The van der Waals surface area contributed by atoms with Crippen molar-refractivity contribution in [2.24, 2.45) is 5.10 Å². The normalized spacial score (nSPS) is 10.9. The Morgan fingerprint density at radius 1 is 1.35 bits per heavy atom. The van der Waals surface area contributed by atoms with Crippen molar-refractivity contribution in [3.63, 3.8) is 0 Å². The van der Waals surface area contributed by atoms with Crippen molar-refractivity contribution in [2.75, 3.05) is 5.43 Å². The van der Waals surface area contributed by atoms with Crippen molar-refractivity contribution in [3.8, 4) is 11.5 Å². The molecule has 1 aromatic heterocycles. The van der Waals surface area contributed by atoms with Gasteiger partial charge in [0.2, 0.25) is 5.95 Å². The fourth-order valence-electron chi connectivity index (χ4n) is 1.69. The van der Waals surface area contributed by atoms with Gasteiger partial charge in [-0.05, 0) is 13.8 Å². The molecular formula is C13H13N5O5. The van der Waals surface area contributed by atoms with Gasteiger partial charge >= 0.3 is 5.69 Å². The van der Waals surface area contributed by atoms with Gasteiger partial charge in [0.05, 0.1) is 11.1 Å². The highest BCUT2D eigenvalue weighted by atomic mass is 16.6. The quantitative estimate of drug-likeness (QED) is 0.374. The smallest absolute Gasteiger partial charge is 0.311 e. The maximum atomic E-state index is 11.6. The van der Waals surface area contributed by atoms with Crippen molar-refractivity contribution in [1.82, 2.24) is 9.97 Å². The van der Waals surface area contributed by atoms with E-state index in [0.29, 0.717) is 11.3 Å².